The lowest BCUT2D eigenvalue weighted by Gasteiger charge is -2.06. The molecular formula is C12H14O3. The average molecular weight is 206 g/mol. The zero-order valence-electron chi connectivity index (χ0n) is 8.90. The number of rotatable bonds is 5. The summed E-state index contributed by atoms with van der Waals surface area (Å²) >= 11 is 0. The van der Waals surface area contributed by atoms with E-state index >= 15 is 0 Å². The highest BCUT2D eigenvalue weighted by Gasteiger charge is 2.01. The molecule has 0 N–H and O–H groups in total. The summed E-state index contributed by atoms with van der Waals surface area (Å²) in [5.41, 5.74) is 0.931. The Hall–Kier alpha value is -1.77. The molecule has 0 atom stereocenters. The minimum atomic E-state index is 0.412. The molecule has 0 bridgehead atoms. The van der Waals surface area contributed by atoms with Crippen LogP contribution in [0.1, 0.15) is 12.0 Å². The van der Waals surface area contributed by atoms with Crippen LogP contribution in [0, 0.1) is 0 Å². The average Bonchev–Trinajstić information content (AvgIpc) is 2.29. The molecule has 0 aliphatic carbocycles. The Morgan fingerprint density at radius 2 is 2.07 bits per heavy atom. The molecule has 1 rings (SSSR count). The highest BCUT2D eigenvalue weighted by Crippen LogP contribution is 2.25. The lowest BCUT2D eigenvalue weighted by atomic mass is 10.1. The van der Waals surface area contributed by atoms with Crippen molar-refractivity contribution in [3.8, 4) is 11.5 Å². The van der Waals surface area contributed by atoms with E-state index < -0.39 is 0 Å². The van der Waals surface area contributed by atoms with Gasteiger partial charge in [-0.15, -0.1) is 0 Å². The van der Waals surface area contributed by atoms with Gasteiger partial charge in [-0.25, -0.2) is 0 Å². The third-order valence-electron chi connectivity index (χ3n) is 1.97. The zero-order chi connectivity index (χ0) is 11.1. The lowest BCUT2D eigenvalue weighted by molar-refractivity contribution is -0.107. The summed E-state index contributed by atoms with van der Waals surface area (Å²) in [5.74, 6) is 1.48. The summed E-state index contributed by atoms with van der Waals surface area (Å²) in [4.78, 5) is 10.1. The topological polar surface area (TPSA) is 35.5 Å². The van der Waals surface area contributed by atoms with Crippen LogP contribution >= 0.6 is 0 Å². The summed E-state index contributed by atoms with van der Waals surface area (Å²) in [6, 6.07) is 5.54. The minimum absolute atomic E-state index is 0.412. The first-order valence-electron chi connectivity index (χ1n) is 4.64. The molecule has 1 aromatic rings. The van der Waals surface area contributed by atoms with Gasteiger partial charge in [0, 0.05) is 18.1 Å². The summed E-state index contributed by atoms with van der Waals surface area (Å²) in [7, 11) is 3.21. The van der Waals surface area contributed by atoms with Gasteiger partial charge in [0.05, 0.1) is 14.2 Å². The van der Waals surface area contributed by atoms with Crippen molar-refractivity contribution in [1.29, 1.82) is 0 Å². The van der Waals surface area contributed by atoms with Crippen molar-refractivity contribution in [2.24, 2.45) is 0 Å². The van der Waals surface area contributed by atoms with Crippen molar-refractivity contribution < 1.29 is 14.3 Å². The van der Waals surface area contributed by atoms with Crippen LogP contribution in [0.2, 0.25) is 0 Å². The molecule has 80 valence electrons. The van der Waals surface area contributed by atoms with Crippen LogP contribution in [0.3, 0.4) is 0 Å². The maximum absolute atomic E-state index is 10.1. The second kappa shape index (κ2) is 5.86. The van der Waals surface area contributed by atoms with Crippen LogP contribution in [0.25, 0.3) is 6.08 Å². The second-order valence-electron chi connectivity index (χ2n) is 2.91. The molecule has 0 aliphatic rings. The number of methoxy groups -OCH3 is 2. The van der Waals surface area contributed by atoms with E-state index in [4.69, 9.17) is 9.47 Å². The van der Waals surface area contributed by atoms with Crippen molar-refractivity contribution in [3.05, 3.63) is 29.8 Å². The van der Waals surface area contributed by atoms with Gasteiger partial charge in [0.15, 0.2) is 0 Å². The monoisotopic (exact) mass is 206 g/mol. The van der Waals surface area contributed by atoms with Gasteiger partial charge in [-0.2, -0.15) is 0 Å². The molecular weight excluding hydrogens is 192 g/mol. The summed E-state index contributed by atoms with van der Waals surface area (Å²) < 4.78 is 10.3. The Bertz CT molecular complexity index is 356. The number of aldehydes is 1. The first kappa shape index (κ1) is 11.3. The van der Waals surface area contributed by atoms with Gasteiger partial charge < -0.3 is 14.3 Å². The molecule has 3 nitrogen and oxygen atoms in total. The van der Waals surface area contributed by atoms with Gasteiger partial charge in [0.1, 0.15) is 17.8 Å². The standard InChI is InChI=1S/C12H14O3/c1-14-11-7-6-10(5-3-4-8-13)12(9-11)15-2/h3,5-9H,4H2,1-2H3/b5-3+. The maximum atomic E-state index is 10.1. The molecule has 0 radical (unpaired) electrons. The fourth-order valence-corrected chi connectivity index (χ4v) is 1.21. The van der Waals surface area contributed by atoms with E-state index in [9.17, 15) is 4.79 Å². The van der Waals surface area contributed by atoms with Crippen molar-refractivity contribution in [2.45, 2.75) is 6.42 Å². The molecule has 0 saturated heterocycles. The van der Waals surface area contributed by atoms with Crippen molar-refractivity contribution in [3.63, 3.8) is 0 Å². The van der Waals surface area contributed by atoms with E-state index in [1.54, 1.807) is 26.4 Å². The normalized spacial score (nSPS) is 10.3. The van der Waals surface area contributed by atoms with Gasteiger partial charge in [-0.3, -0.25) is 0 Å². The van der Waals surface area contributed by atoms with Gasteiger partial charge in [0.25, 0.3) is 0 Å². The van der Waals surface area contributed by atoms with E-state index in [1.165, 1.54) is 0 Å². The second-order valence-corrected chi connectivity index (χ2v) is 2.91. The molecule has 3 heteroatoms. The molecule has 0 aromatic heterocycles. The summed E-state index contributed by atoms with van der Waals surface area (Å²) in [5, 5.41) is 0. The van der Waals surface area contributed by atoms with Gasteiger partial charge in [0.2, 0.25) is 0 Å². The Balaban J connectivity index is 2.91. The van der Waals surface area contributed by atoms with Crippen molar-refractivity contribution in [2.75, 3.05) is 14.2 Å². The molecule has 0 fully saturated rings. The largest absolute Gasteiger partial charge is 0.497 e. The molecule has 0 amide bonds. The summed E-state index contributed by atoms with van der Waals surface area (Å²) in [6.45, 7) is 0. The third-order valence-corrected chi connectivity index (χ3v) is 1.97. The van der Waals surface area contributed by atoms with Crippen LogP contribution in [-0.4, -0.2) is 20.5 Å². The van der Waals surface area contributed by atoms with E-state index in [1.807, 2.05) is 18.2 Å². The van der Waals surface area contributed by atoms with Crippen LogP contribution in [-0.2, 0) is 4.79 Å². The number of carbonyl (C=O) groups excluding carboxylic acids is 1. The van der Waals surface area contributed by atoms with E-state index in [0.29, 0.717) is 6.42 Å². The van der Waals surface area contributed by atoms with Crippen LogP contribution in [0.15, 0.2) is 24.3 Å². The Labute approximate surface area is 89.3 Å². The summed E-state index contributed by atoms with van der Waals surface area (Å²) in [6.07, 6.45) is 4.91. The predicted molar refractivity (Wildman–Crippen MR) is 59.3 cm³/mol. The van der Waals surface area contributed by atoms with Crippen molar-refractivity contribution >= 4 is 12.4 Å². The predicted octanol–water partition coefficient (Wildman–Crippen LogP) is 2.31. The molecule has 0 aliphatic heterocycles. The number of benzene rings is 1. The van der Waals surface area contributed by atoms with Crippen LogP contribution in [0.5, 0.6) is 11.5 Å². The zero-order valence-corrected chi connectivity index (χ0v) is 8.90. The SMILES string of the molecule is COc1ccc(/C=C/CC=O)c(OC)c1. The quantitative estimate of drug-likeness (QED) is 0.693. The maximum Gasteiger partial charge on any atom is 0.129 e. The van der Waals surface area contributed by atoms with E-state index in [-0.39, 0.29) is 0 Å². The van der Waals surface area contributed by atoms with Crippen molar-refractivity contribution in [1.82, 2.24) is 0 Å². The number of hydrogen-bond acceptors (Lipinski definition) is 3. The Morgan fingerprint density at radius 1 is 1.27 bits per heavy atom. The van der Waals surface area contributed by atoms with Crippen LogP contribution < -0.4 is 9.47 Å². The number of carbonyl (C=O) groups is 1. The number of ether oxygens (including phenoxy) is 2. The van der Waals surface area contributed by atoms with E-state index in [2.05, 4.69) is 0 Å². The Kier molecular flexibility index (Phi) is 4.41. The Morgan fingerprint density at radius 3 is 2.67 bits per heavy atom. The lowest BCUT2D eigenvalue weighted by Crippen LogP contribution is -1.89. The van der Waals surface area contributed by atoms with Gasteiger partial charge in [-0.1, -0.05) is 12.2 Å². The van der Waals surface area contributed by atoms with Gasteiger partial charge >= 0.3 is 0 Å². The molecule has 0 heterocycles. The van der Waals surface area contributed by atoms with Crippen LogP contribution in [0.4, 0.5) is 0 Å². The first-order chi connectivity index (χ1) is 7.31. The minimum Gasteiger partial charge on any atom is -0.497 e. The fourth-order valence-electron chi connectivity index (χ4n) is 1.21. The van der Waals surface area contributed by atoms with E-state index in [0.717, 1.165) is 23.3 Å². The fraction of sp³-hybridized carbons (Fsp3) is 0.250. The molecule has 0 unspecified atom stereocenters. The number of hydrogen-bond donors (Lipinski definition) is 0. The molecule has 0 saturated carbocycles. The molecule has 1 aromatic carbocycles. The highest BCUT2D eigenvalue weighted by molar-refractivity contribution is 5.62. The van der Waals surface area contributed by atoms with Gasteiger partial charge in [-0.05, 0) is 12.1 Å². The molecule has 15 heavy (non-hydrogen) atoms. The highest BCUT2D eigenvalue weighted by atomic mass is 16.5. The smallest absolute Gasteiger partial charge is 0.129 e. The third kappa shape index (κ3) is 3.13. The molecule has 0 spiro atoms. The first-order valence-corrected chi connectivity index (χ1v) is 4.64. The number of allylic oxidation sites excluding steroid dienone is 1.